The van der Waals surface area contributed by atoms with Gasteiger partial charge in [0.05, 0.1) is 0 Å². The molecule has 3 rings (SSSR count). The molecule has 0 bridgehead atoms. The number of aromatic amines is 1. The molecule has 3 aromatic rings. The molecule has 0 unspecified atom stereocenters. The lowest BCUT2D eigenvalue weighted by Gasteiger charge is -2.12. The summed E-state index contributed by atoms with van der Waals surface area (Å²) in [6, 6.07) is 14.1. The lowest BCUT2D eigenvalue weighted by Crippen LogP contribution is -2.13. The number of rotatable bonds is 3. The number of aromatic nitrogens is 1. The third-order valence-corrected chi connectivity index (χ3v) is 3.84. The molecule has 3 heteroatoms. The fraction of sp³-hybridized carbons (Fsp3) is 0.167. The van der Waals surface area contributed by atoms with Gasteiger partial charge in [-0.15, -0.1) is 0 Å². The molecule has 0 radical (unpaired) electrons. The van der Waals surface area contributed by atoms with Gasteiger partial charge in [-0.2, -0.15) is 0 Å². The first-order chi connectivity index (χ1) is 10.1. The number of H-pyrrole nitrogens is 1. The summed E-state index contributed by atoms with van der Waals surface area (Å²) >= 11 is 0. The SMILES string of the molecule is CC(C)c1ccc(-c2ccc3cc[nH]c3c2)c(C(N)=O)c1. The van der Waals surface area contributed by atoms with Crippen molar-refractivity contribution in [1.82, 2.24) is 4.98 Å². The Kier molecular flexibility index (Phi) is 3.26. The van der Waals surface area contributed by atoms with Gasteiger partial charge in [-0.05, 0) is 46.2 Å². The Morgan fingerprint density at radius 2 is 1.90 bits per heavy atom. The number of nitrogens with two attached hydrogens (primary N) is 1. The van der Waals surface area contributed by atoms with Crippen LogP contribution >= 0.6 is 0 Å². The van der Waals surface area contributed by atoms with E-state index in [1.165, 1.54) is 0 Å². The van der Waals surface area contributed by atoms with Crippen molar-refractivity contribution in [1.29, 1.82) is 0 Å². The molecule has 0 saturated carbocycles. The molecule has 0 fully saturated rings. The van der Waals surface area contributed by atoms with Gasteiger partial charge in [-0.25, -0.2) is 0 Å². The first kappa shape index (κ1) is 13.4. The molecule has 0 atom stereocenters. The van der Waals surface area contributed by atoms with Gasteiger partial charge < -0.3 is 10.7 Å². The number of hydrogen-bond acceptors (Lipinski definition) is 1. The van der Waals surface area contributed by atoms with Gasteiger partial charge in [0.25, 0.3) is 0 Å². The summed E-state index contributed by atoms with van der Waals surface area (Å²) < 4.78 is 0. The van der Waals surface area contributed by atoms with E-state index in [0.29, 0.717) is 11.5 Å². The first-order valence-corrected chi connectivity index (χ1v) is 7.07. The largest absolute Gasteiger partial charge is 0.366 e. The number of nitrogens with one attached hydrogen (secondary N) is 1. The Labute approximate surface area is 123 Å². The maximum atomic E-state index is 11.8. The van der Waals surface area contributed by atoms with Gasteiger partial charge in [0.2, 0.25) is 5.91 Å². The minimum atomic E-state index is -0.390. The summed E-state index contributed by atoms with van der Waals surface area (Å²) in [5.41, 5.74) is 10.2. The Morgan fingerprint density at radius 1 is 1.10 bits per heavy atom. The molecule has 106 valence electrons. The summed E-state index contributed by atoms with van der Waals surface area (Å²) in [5, 5.41) is 1.15. The highest BCUT2D eigenvalue weighted by Gasteiger charge is 2.13. The van der Waals surface area contributed by atoms with Crippen LogP contribution in [0, 0.1) is 0 Å². The van der Waals surface area contributed by atoms with Crippen molar-refractivity contribution in [2.24, 2.45) is 5.73 Å². The topological polar surface area (TPSA) is 58.9 Å². The van der Waals surface area contributed by atoms with Crippen LogP contribution < -0.4 is 5.73 Å². The summed E-state index contributed by atoms with van der Waals surface area (Å²) in [4.78, 5) is 15.0. The van der Waals surface area contributed by atoms with E-state index >= 15 is 0 Å². The van der Waals surface area contributed by atoms with Crippen LogP contribution in [0.15, 0.2) is 48.7 Å². The molecule has 0 aliphatic carbocycles. The lowest BCUT2D eigenvalue weighted by molar-refractivity contribution is 0.100. The van der Waals surface area contributed by atoms with E-state index in [0.717, 1.165) is 27.6 Å². The van der Waals surface area contributed by atoms with E-state index in [2.05, 4.69) is 24.9 Å². The molecule has 1 aromatic heterocycles. The van der Waals surface area contributed by atoms with E-state index < -0.39 is 0 Å². The van der Waals surface area contributed by atoms with Gasteiger partial charge in [-0.3, -0.25) is 4.79 Å². The average Bonchev–Trinajstić information content (AvgIpc) is 2.93. The summed E-state index contributed by atoms with van der Waals surface area (Å²) in [7, 11) is 0. The molecular formula is C18H18N2O. The second-order valence-electron chi connectivity index (χ2n) is 5.60. The molecule has 1 heterocycles. The normalized spacial score (nSPS) is 11.2. The molecule has 0 spiro atoms. The van der Waals surface area contributed by atoms with E-state index in [1.807, 2.05) is 42.6 Å². The fourth-order valence-corrected chi connectivity index (χ4v) is 2.59. The van der Waals surface area contributed by atoms with Crippen LogP contribution in [-0.4, -0.2) is 10.9 Å². The predicted octanol–water partition coefficient (Wildman–Crippen LogP) is 4.06. The molecule has 0 aliphatic heterocycles. The van der Waals surface area contributed by atoms with Gasteiger partial charge in [-0.1, -0.05) is 38.1 Å². The first-order valence-electron chi connectivity index (χ1n) is 7.07. The minimum Gasteiger partial charge on any atom is -0.366 e. The van der Waals surface area contributed by atoms with E-state index in [-0.39, 0.29) is 5.91 Å². The van der Waals surface area contributed by atoms with E-state index in [1.54, 1.807) is 0 Å². The third kappa shape index (κ3) is 2.42. The highest BCUT2D eigenvalue weighted by Crippen LogP contribution is 2.29. The second kappa shape index (κ2) is 5.09. The van der Waals surface area contributed by atoms with Crippen molar-refractivity contribution in [2.45, 2.75) is 19.8 Å². The standard InChI is InChI=1S/C18H18N2O/c1-11(2)13-5-6-15(16(9-13)18(19)21)14-4-3-12-7-8-20-17(12)10-14/h3-11,20H,1-2H3,(H2,19,21). The third-order valence-electron chi connectivity index (χ3n) is 3.84. The molecular weight excluding hydrogens is 260 g/mol. The number of fused-ring (bicyclic) bond motifs is 1. The number of benzene rings is 2. The fourth-order valence-electron chi connectivity index (χ4n) is 2.59. The van der Waals surface area contributed by atoms with Crippen LogP contribution in [0.25, 0.3) is 22.0 Å². The molecule has 1 amide bonds. The van der Waals surface area contributed by atoms with Crippen molar-refractivity contribution in [3.05, 3.63) is 59.8 Å². The van der Waals surface area contributed by atoms with Crippen molar-refractivity contribution in [3.63, 3.8) is 0 Å². The Bertz CT molecular complexity index is 815. The summed E-state index contributed by atoms with van der Waals surface area (Å²) in [5.74, 6) is -0.0258. The predicted molar refractivity (Wildman–Crippen MR) is 86.3 cm³/mol. The van der Waals surface area contributed by atoms with E-state index in [4.69, 9.17) is 5.73 Å². The zero-order valence-electron chi connectivity index (χ0n) is 12.2. The van der Waals surface area contributed by atoms with Crippen molar-refractivity contribution in [2.75, 3.05) is 0 Å². The lowest BCUT2D eigenvalue weighted by atomic mass is 9.93. The Balaban J connectivity index is 2.18. The van der Waals surface area contributed by atoms with Crippen LogP contribution in [0.2, 0.25) is 0 Å². The quantitative estimate of drug-likeness (QED) is 0.745. The number of hydrogen-bond donors (Lipinski definition) is 2. The monoisotopic (exact) mass is 278 g/mol. The van der Waals surface area contributed by atoms with Crippen LogP contribution in [0.4, 0.5) is 0 Å². The maximum Gasteiger partial charge on any atom is 0.249 e. The highest BCUT2D eigenvalue weighted by atomic mass is 16.1. The number of amides is 1. The molecule has 3 N–H and O–H groups in total. The average molecular weight is 278 g/mol. The second-order valence-corrected chi connectivity index (χ2v) is 5.60. The number of carbonyl (C=O) groups is 1. The molecule has 0 aliphatic rings. The van der Waals surface area contributed by atoms with Crippen LogP contribution in [0.3, 0.4) is 0 Å². The van der Waals surface area contributed by atoms with Crippen LogP contribution in [0.5, 0.6) is 0 Å². The summed E-state index contributed by atoms with van der Waals surface area (Å²) in [6.07, 6.45) is 1.91. The highest BCUT2D eigenvalue weighted by molar-refractivity contribution is 6.01. The molecule has 21 heavy (non-hydrogen) atoms. The van der Waals surface area contributed by atoms with Crippen molar-refractivity contribution < 1.29 is 4.79 Å². The van der Waals surface area contributed by atoms with Crippen LogP contribution in [-0.2, 0) is 0 Å². The van der Waals surface area contributed by atoms with Gasteiger partial charge in [0.15, 0.2) is 0 Å². The van der Waals surface area contributed by atoms with Crippen LogP contribution in [0.1, 0.15) is 35.7 Å². The van der Waals surface area contributed by atoms with E-state index in [9.17, 15) is 4.79 Å². The Morgan fingerprint density at radius 3 is 2.62 bits per heavy atom. The molecule has 2 aromatic carbocycles. The van der Waals surface area contributed by atoms with Gasteiger partial charge >= 0.3 is 0 Å². The zero-order valence-corrected chi connectivity index (χ0v) is 12.2. The van der Waals surface area contributed by atoms with Crippen molar-refractivity contribution in [3.8, 4) is 11.1 Å². The molecule has 3 nitrogen and oxygen atoms in total. The smallest absolute Gasteiger partial charge is 0.249 e. The minimum absolute atomic E-state index is 0.364. The number of carbonyl (C=O) groups excluding carboxylic acids is 1. The zero-order chi connectivity index (χ0) is 15.0. The maximum absolute atomic E-state index is 11.8. The Hall–Kier alpha value is -2.55. The molecule has 0 saturated heterocycles. The van der Waals surface area contributed by atoms with Gasteiger partial charge in [0, 0.05) is 17.3 Å². The van der Waals surface area contributed by atoms with Crippen molar-refractivity contribution >= 4 is 16.8 Å². The van der Waals surface area contributed by atoms with Gasteiger partial charge in [0.1, 0.15) is 0 Å². The summed E-state index contributed by atoms with van der Waals surface area (Å²) in [6.45, 7) is 4.20. The number of primary amides is 1.